The van der Waals surface area contributed by atoms with E-state index >= 15 is 0 Å². The van der Waals surface area contributed by atoms with E-state index in [1.807, 2.05) is 55.5 Å². The minimum Gasteiger partial charge on any atom is -0.469 e. The molecule has 0 atom stereocenters. The van der Waals surface area contributed by atoms with Crippen molar-refractivity contribution in [3.63, 3.8) is 0 Å². The van der Waals surface area contributed by atoms with Gasteiger partial charge in [-0.1, -0.05) is 42.5 Å². The molecule has 0 fully saturated rings. The Morgan fingerprint density at radius 2 is 1.70 bits per heavy atom. The van der Waals surface area contributed by atoms with Crippen molar-refractivity contribution in [3.8, 4) is 11.3 Å². The topological polar surface area (TPSA) is 114 Å². The fraction of sp³-hybridized carbons (Fsp3) is 0.107. The smallest absolute Gasteiger partial charge is 0.276 e. The van der Waals surface area contributed by atoms with Gasteiger partial charge < -0.3 is 9.73 Å². The lowest BCUT2D eigenvalue weighted by Crippen LogP contribution is -2.19. The first-order valence-corrected chi connectivity index (χ1v) is 11.6. The van der Waals surface area contributed by atoms with Crippen LogP contribution in [0.2, 0.25) is 0 Å². The third kappa shape index (κ3) is 4.87. The fourth-order valence-corrected chi connectivity index (χ4v) is 3.90. The number of hydrogen-bond donors (Lipinski definition) is 2. The van der Waals surface area contributed by atoms with Gasteiger partial charge in [-0.3, -0.25) is 9.59 Å². The first-order valence-electron chi connectivity index (χ1n) is 11.6. The minimum absolute atomic E-state index is 0.246. The molecule has 184 valence electrons. The van der Waals surface area contributed by atoms with Crippen molar-refractivity contribution < 1.29 is 14.0 Å². The number of hydrogen-bond acceptors (Lipinski definition) is 6. The zero-order valence-electron chi connectivity index (χ0n) is 20.5. The van der Waals surface area contributed by atoms with Crippen LogP contribution in [-0.4, -0.2) is 32.1 Å². The molecule has 0 radical (unpaired) electrons. The number of rotatable bonds is 6. The van der Waals surface area contributed by atoms with E-state index < -0.39 is 5.91 Å². The van der Waals surface area contributed by atoms with E-state index in [1.54, 1.807) is 36.6 Å². The second kappa shape index (κ2) is 9.90. The Balaban J connectivity index is 1.31. The molecule has 2 amide bonds. The highest BCUT2D eigenvalue weighted by molar-refractivity contribution is 6.06. The highest BCUT2D eigenvalue weighted by Gasteiger charge is 2.17. The van der Waals surface area contributed by atoms with E-state index in [1.165, 1.54) is 12.5 Å². The summed E-state index contributed by atoms with van der Waals surface area (Å²) in [5.41, 5.74) is 8.46. The molecule has 37 heavy (non-hydrogen) atoms. The Labute approximate surface area is 212 Å². The lowest BCUT2D eigenvalue weighted by Gasteiger charge is -2.07. The number of nitrogens with zero attached hydrogens (tertiary/aromatic N) is 4. The van der Waals surface area contributed by atoms with Crippen LogP contribution >= 0.6 is 0 Å². The van der Waals surface area contributed by atoms with Gasteiger partial charge in [-0.05, 0) is 50.6 Å². The van der Waals surface area contributed by atoms with Crippen LogP contribution in [0.25, 0.3) is 16.9 Å². The number of carbonyl (C=O) groups excluding carboxylic acids is 2. The predicted molar refractivity (Wildman–Crippen MR) is 141 cm³/mol. The number of furan rings is 1. The van der Waals surface area contributed by atoms with Gasteiger partial charge in [0.25, 0.3) is 11.8 Å². The van der Waals surface area contributed by atoms with Crippen LogP contribution in [0.15, 0.2) is 88.7 Å². The molecule has 2 N–H and O–H groups in total. The SMILES string of the molecule is C/C(=N\NC(=O)c1cnn2c(C)cc(-c3ccccc3)nc12)c1ccc(NC(=O)c2ccoc2C)cc1. The van der Waals surface area contributed by atoms with Gasteiger partial charge in [0.2, 0.25) is 0 Å². The monoisotopic (exact) mass is 492 g/mol. The number of nitrogens with one attached hydrogen (secondary N) is 2. The van der Waals surface area contributed by atoms with Crippen LogP contribution in [0.4, 0.5) is 5.69 Å². The molecule has 5 aromatic rings. The Bertz CT molecular complexity index is 1630. The van der Waals surface area contributed by atoms with Gasteiger partial charge in [0.15, 0.2) is 5.65 Å². The van der Waals surface area contributed by atoms with Crippen LogP contribution in [0.1, 0.15) is 44.7 Å². The van der Waals surface area contributed by atoms with Gasteiger partial charge in [0.1, 0.15) is 11.3 Å². The molecule has 3 heterocycles. The van der Waals surface area contributed by atoms with Crippen LogP contribution in [0, 0.1) is 13.8 Å². The molecule has 3 aromatic heterocycles. The number of aryl methyl sites for hydroxylation is 2. The Morgan fingerprint density at radius 3 is 2.41 bits per heavy atom. The molecule has 5 rings (SSSR count). The maximum Gasteiger partial charge on any atom is 0.276 e. The number of benzene rings is 2. The minimum atomic E-state index is -0.411. The van der Waals surface area contributed by atoms with E-state index in [0.717, 1.165) is 22.5 Å². The van der Waals surface area contributed by atoms with Gasteiger partial charge in [-0.2, -0.15) is 10.2 Å². The Morgan fingerprint density at radius 1 is 0.946 bits per heavy atom. The Kier molecular flexibility index (Phi) is 6.34. The molecule has 9 heteroatoms. The molecule has 0 saturated carbocycles. The summed E-state index contributed by atoms with van der Waals surface area (Å²) in [7, 11) is 0. The van der Waals surface area contributed by atoms with Crippen LogP contribution in [0.3, 0.4) is 0 Å². The third-order valence-corrected chi connectivity index (χ3v) is 5.95. The van der Waals surface area contributed by atoms with E-state index in [-0.39, 0.29) is 5.91 Å². The molecular formula is C28H24N6O3. The lowest BCUT2D eigenvalue weighted by molar-refractivity contribution is 0.0955. The summed E-state index contributed by atoms with van der Waals surface area (Å²) in [5, 5.41) is 11.4. The third-order valence-electron chi connectivity index (χ3n) is 5.95. The second-order valence-corrected chi connectivity index (χ2v) is 8.50. The number of aromatic nitrogens is 3. The summed E-state index contributed by atoms with van der Waals surface area (Å²) in [5.74, 6) is -0.101. The molecule has 0 unspecified atom stereocenters. The van der Waals surface area contributed by atoms with Crippen LogP contribution in [-0.2, 0) is 0 Å². The summed E-state index contributed by atoms with van der Waals surface area (Å²) in [6, 6.07) is 20.5. The summed E-state index contributed by atoms with van der Waals surface area (Å²) >= 11 is 0. The zero-order valence-corrected chi connectivity index (χ0v) is 20.5. The molecule has 0 aliphatic rings. The van der Waals surface area contributed by atoms with Gasteiger partial charge >= 0.3 is 0 Å². The average molecular weight is 493 g/mol. The average Bonchev–Trinajstić information content (AvgIpc) is 3.54. The maximum atomic E-state index is 13.0. The summed E-state index contributed by atoms with van der Waals surface area (Å²) < 4.78 is 6.82. The summed E-state index contributed by atoms with van der Waals surface area (Å²) in [6.07, 6.45) is 2.97. The van der Waals surface area contributed by atoms with E-state index in [2.05, 4.69) is 25.9 Å². The summed E-state index contributed by atoms with van der Waals surface area (Å²) in [6.45, 7) is 5.44. The second-order valence-electron chi connectivity index (χ2n) is 8.50. The largest absolute Gasteiger partial charge is 0.469 e. The Hall–Kier alpha value is -5.05. The van der Waals surface area contributed by atoms with Crippen molar-refractivity contribution in [1.82, 2.24) is 20.0 Å². The van der Waals surface area contributed by atoms with Gasteiger partial charge in [0, 0.05) is 16.9 Å². The van der Waals surface area contributed by atoms with Crippen molar-refractivity contribution in [3.05, 3.63) is 107 Å². The normalized spacial score (nSPS) is 11.5. The molecule has 0 spiro atoms. The number of fused-ring (bicyclic) bond motifs is 1. The standard InChI is InChI=1S/C28H24N6O3/c1-17-15-25(21-7-5-4-6-8-21)31-26-24(16-29-34(17)26)28(36)33-32-18(2)20-9-11-22(12-10-20)30-27(35)23-13-14-37-19(23)3/h4-16H,1-3H3,(H,30,35)(H,33,36)/b32-18+. The first-order chi connectivity index (χ1) is 17.9. The van der Waals surface area contributed by atoms with E-state index in [4.69, 9.17) is 4.42 Å². The van der Waals surface area contributed by atoms with Crippen LogP contribution < -0.4 is 10.7 Å². The van der Waals surface area contributed by atoms with Gasteiger partial charge in [-0.25, -0.2) is 14.9 Å². The van der Waals surface area contributed by atoms with Crippen molar-refractivity contribution in [2.24, 2.45) is 5.10 Å². The molecule has 0 aliphatic carbocycles. The number of anilines is 1. The van der Waals surface area contributed by atoms with Gasteiger partial charge in [0.05, 0.1) is 29.4 Å². The number of carbonyl (C=O) groups is 2. The summed E-state index contributed by atoms with van der Waals surface area (Å²) in [4.78, 5) is 30.0. The quantitative estimate of drug-likeness (QED) is 0.255. The highest BCUT2D eigenvalue weighted by Crippen LogP contribution is 2.21. The molecule has 2 aromatic carbocycles. The molecule has 0 aliphatic heterocycles. The van der Waals surface area contributed by atoms with E-state index in [0.29, 0.717) is 33.9 Å². The van der Waals surface area contributed by atoms with Crippen molar-refractivity contribution in [2.45, 2.75) is 20.8 Å². The lowest BCUT2D eigenvalue weighted by atomic mass is 10.1. The van der Waals surface area contributed by atoms with Crippen molar-refractivity contribution in [2.75, 3.05) is 5.32 Å². The predicted octanol–water partition coefficient (Wildman–Crippen LogP) is 5.01. The van der Waals surface area contributed by atoms with Crippen molar-refractivity contribution >= 4 is 28.9 Å². The molecular weight excluding hydrogens is 468 g/mol. The first kappa shape index (κ1) is 23.7. The van der Waals surface area contributed by atoms with E-state index in [9.17, 15) is 9.59 Å². The molecule has 9 nitrogen and oxygen atoms in total. The molecule has 0 bridgehead atoms. The number of hydrazone groups is 1. The van der Waals surface area contributed by atoms with Crippen LogP contribution in [0.5, 0.6) is 0 Å². The maximum absolute atomic E-state index is 13.0. The molecule has 0 saturated heterocycles. The van der Waals surface area contributed by atoms with Crippen molar-refractivity contribution in [1.29, 1.82) is 0 Å². The fourth-order valence-electron chi connectivity index (χ4n) is 3.90. The highest BCUT2D eigenvalue weighted by atomic mass is 16.3. The zero-order chi connectivity index (χ0) is 25.9. The van der Waals surface area contributed by atoms with Gasteiger partial charge in [-0.15, -0.1) is 0 Å². The number of amides is 2.